The van der Waals surface area contributed by atoms with E-state index < -0.39 is 0 Å². The Labute approximate surface area is 150 Å². The van der Waals surface area contributed by atoms with Crippen molar-refractivity contribution in [1.29, 1.82) is 0 Å². The third-order valence-electron chi connectivity index (χ3n) is 6.46. The van der Waals surface area contributed by atoms with Gasteiger partial charge in [-0.2, -0.15) is 0 Å². The number of hydrogen-bond donors (Lipinski definition) is 2. The van der Waals surface area contributed by atoms with Crippen molar-refractivity contribution >= 4 is 11.9 Å². The molecule has 4 rings (SSSR count). The van der Waals surface area contributed by atoms with E-state index >= 15 is 0 Å². The SMILES string of the molecule is O=C(NC1CCN(C(=O)C2CC2)CC1)N[C@@H]1CCN(C2CCCC2)C1. The van der Waals surface area contributed by atoms with Crippen LogP contribution in [-0.4, -0.2) is 66.0 Å². The van der Waals surface area contributed by atoms with Crippen LogP contribution in [0.3, 0.4) is 0 Å². The molecule has 0 spiro atoms. The Hall–Kier alpha value is -1.30. The van der Waals surface area contributed by atoms with E-state index in [1.165, 1.54) is 25.7 Å². The van der Waals surface area contributed by atoms with Crippen molar-refractivity contribution in [3.05, 3.63) is 0 Å². The highest BCUT2D eigenvalue weighted by Gasteiger charge is 2.35. The first-order valence-electron chi connectivity index (χ1n) is 10.3. The van der Waals surface area contributed by atoms with Gasteiger partial charge in [0.1, 0.15) is 0 Å². The molecule has 0 aromatic heterocycles. The first-order chi connectivity index (χ1) is 12.2. The highest BCUT2D eigenvalue weighted by Crippen LogP contribution is 2.32. The van der Waals surface area contributed by atoms with Crippen LogP contribution in [0.1, 0.15) is 57.8 Å². The molecule has 6 nitrogen and oxygen atoms in total. The zero-order chi connectivity index (χ0) is 17.2. The summed E-state index contributed by atoms with van der Waals surface area (Å²) in [6.45, 7) is 3.71. The summed E-state index contributed by atoms with van der Waals surface area (Å²) >= 11 is 0. The Kier molecular flexibility index (Phi) is 5.15. The fourth-order valence-electron chi connectivity index (χ4n) is 4.75. The van der Waals surface area contributed by atoms with E-state index in [4.69, 9.17) is 0 Å². The molecule has 0 aromatic rings. The van der Waals surface area contributed by atoms with Gasteiger partial charge in [0.05, 0.1) is 0 Å². The molecule has 6 heteroatoms. The van der Waals surface area contributed by atoms with E-state index in [0.29, 0.717) is 11.8 Å². The van der Waals surface area contributed by atoms with Crippen LogP contribution >= 0.6 is 0 Å². The fourth-order valence-corrected chi connectivity index (χ4v) is 4.75. The molecule has 25 heavy (non-hydrogen) atoms. The Balaban J connectivity index is 1.15. The monoisotopic (exact) mass is 348 g/mol. The molecule has 0 unspecified atom stereocenters. The molecule has 2 aliphatic carbocycles. The van der Waals surface area contributed by atoms with Crippen molar-refractivity contribution in [2.45, 2.75) is 75.9 Å². The fraction of sp³-hybridized carbons (Fsp3) is 0.895. The van der Waals surface area contributed by atoms with Gasteiger partial charge >= 0.3 is 6.03 Å². The van der Waals surface area contributed by atoms with Gasteiger partial charge in [0, 0.05) is 50.2 Å². The van der Waals surface area contributed by atoms with E-state index in [1.54, 1.807) is 0 Å². The van der Waals surface area contributed by atoms with Crippen LogP contribution in [0.15, 0.2) is 0 Å². The van der Waals surface area contributed by atoms with E-state index in [2.05, 4.69) is 15.5 Å². The van der Waals surface area contributed by atoms with Gasteiger partial charge in [-0.25, -0.2) is 4.79 Å². The molecule has 2 saturated carbocycles. The largest absolute Gasteiger partial charge is 0.342 e. The van der Waals surface area contributed by atoms with Crippen LogP contribution in [0.5, 0.6) is 0 Å². The highest BCUT2D eigenvalue weighted by atomic mass is 16.2. The zero-order valence-electron chi connectivity index (χ0n) is 15.2. The number of rotatable bonds is 4. The molecule has 0 bridgehead atoms. The zero-order valence-corrected chi connectivity index (χ0v) is 15.2. The highest BCUT2D eigenvalue weighted by molar-refractivity contribution is 5.81. The van der Waals surface area contributed by atoms with Gasteiger partial charge in [-0.1, -0.05) is 12.8 Å². The van der Waals surface area contributed by atoms with Crippen molar-refractivity contribution < 1.29 is 9.59 Å². The van der Waals surface area contributed by atoms with Gasteiger partial charge in [-0.15, -0.1) is 0 Å². The predicted octanol–water partition coefficient (Wildman–Crippen LogP) is 1.70. The van der Waals surface area contributed by atoms with E-state index in [1.807, 2.05) is 4.90 Å². The number of piperidine rings is 1. The molecule has 2 N–H and O–H groups in total. The number of carbonyl (C=O) groups excluding carboxylic acids is 2. The number of nitrogens with one attached hydrogen (secondary N) is 2. The number of nitrogens with zero attached hydrogens (tertiary/aromatic N) is 2. The van der Waals surface area contributed by atoms with Crippen LogP contribution in [0, 0.1) is 5.92 Å². The van der Waals surface area contributed by atoms with Crippen molar-refractivity contribution in [3.63, 3.8) is 0 Å². The standard InChI is InChI=1S/C19H32N4O2/c24-18(14-5-6-14)22-10-7-15(8-11-22)20-19(25)21-16-9-12-23(13-16)17-3-1-2-4-17/h14-17H,1-13H2,(H2,20,21,25)/t16-/m1/s1. The van der Waals surface area contributed by atoms with Crippen LogP contribution in [0.4, 0.5) is 4.79 Å². The maximum Gasteiger partial charge on any atom is 0.315 e. The van der Waals surface area contributed by atoms with Crippen molar-refractivity contribution in [3.8, 4) is 0 Å². The molecule has 2 aliphatic heterocycles. The second-order valence-corrected chi connectivity index (χ2v) is 8.41. The number of likely N-dealkylation sites (tertiary alicyclic amines) is 2. The van der Waals surface area contributed by atoms with Gasteiger partial charge < -0.3 is 15.5 Å². The van der Waals surface area contributed by atoms with Gasteiger partial charge in [0.15, 0.2) is 0 Å². The summed E-state index contributed by atoms with van der Waals surface area (Å²) in [6, 6.07) is 1.22. The molecule has 4 aliphatic rings. The van der Waals surface area contributed by atoms with Gasteiger partial charge in [-0.05, 0) is 44.9 Å². The van der Waals surface area contributed by atoms with Crippen molar-refractivity contribution in [2.24, 2.45) is 5.92 Å². The summed E-state index contributed by atoms with van der Waals surface area (Å²) in [7, 11) is 0. The average Bonchev–Trinajstić information content (AvgIpc) is 3.12. The Bertz CT molecular complexity index is 494. The summed E-state index contributed by atoms with van der Waals surface area (Å²) in [5, 5.41) is 6.30. The molecule has 3 amide bonds. The molecule has 0 radical (unpaired) electrons. The number of hydrogen-bond acceptors (Lipinski definition) is 3. The van der Waals surface area contributed by atoms with Gasteiger partial charge in [0.25, 0.3) is 0 Å². The van der Waals surface area contributed by atoms with Crippen LogP contribution in [-0.2, 0) is 4.79 Å². The van der Waals surface area contributed by atoms with Crippen LogP contribution in [0.25, 0.3) is 0 Å². The second kappa shape index (κ2) is 7.52. The van der Waals surface area contributed by atoms with Crippen LogP contribution < -0.4 is 10.6 Å². The quantitative estimate of drug-likeness (QED) is 0.813. The minimum absolute atomic E-state index is 0.0229. The average molecular weight is 348 g/mol. The molecule has 0 aromatic carbocycles. The maximum atomic E-state index is 12.3. The number of urea groups is 1. The van der Waals surface area contributed by atoms with Gasteiger partial charge in [-0.3, -0.25) is 9.69 Å². The third kappa shape index (κ3) is 4.27. The molecular weight excluding hydrogens is 316 g/mol. The lowest BCUT2D eigenvalue weighted by Gasteiger charge is -2.32. The lowest BCUT2D eigenvalue weighted by Crippen LogP contribution is -2.51. The summed E-state index contributed by atoms with van der Waals surface area (Å²) in [6.07, 6.45) is 10.3. The third-order valence-corrected chi connectivity index (χ3v) is 6.46. The Morgan fingerprint density at radius 2 is 1.40 bits per heavy atom. The predicted molar refractivity (Wildman–Crippen MR) is 96.2 cm³/mol. The number of amides is 3. The molecule has 2 heterocycles. The molecule has 1 atom stereocenters. The summed E-state index contributed by atoms with van der Waals surface area (Å²) in [4.78, 5) is 28.9. The summed E-state index contributed by atoms with van der Waals surface area (Å²) in [5.74, 6) is 0.638. The van der Waals surface area contributed by atoms with E-state index in [-0.39, 0.29) is 18.1 Å². The topological polar surface area (TPSA) is 64.7 Å². The summed E-state index contributed by atoms with van der Waals surface area (Å²) in [5.41, 5.74) is 0. The Morgan fingerprint density at radius 1 is 0.760 bits per heavy atom. The maximum absolute atomic E-state index is 12.3. The lowest BCUT2D eigenvalue weighted by molar-refractivity contribution is -0.133. The smallest absolute Gasteiger partial charge is 0.315 e. The van der Waals surface area contributed by atoms with E-state index in [0.717, 1.165) is 64.3 Å². The molecular formula is C19H32N4O2. The number of carbonyl (C=O) groups is 2. The van der Waals surface area contributed by atoms with Gasteiger partial charge in [0.2, 0.25) is 5.91 Å². The van der Waals surface area contributed by atoms with E-state index in [9.17, 15) is 9.59 Å². The summed E-state index contributed by atoms with van der Waals surface area (Å²) < 4.78 is 0. The van der Waals surface area contributed by atoms with Crippen molar-refractivity contribution in [1.82, 2.24) is 20.4 Å². The molecule has 4 fully saturated rings. The minimum atomic E-state index is -0.0229. The van der Waals surface area contributed by atoms with Crippen molar-refractivity contribution in [2.75, 3.05) is 26.2 Å². The molecule has 140 valence electrons. The normalized spacial score (nSPS) is 29.1. The Morgan fingerprint density at radius 3 is 2.08 bits per heavy atom. The lowest BCUT2D eigenvalue weighted by atomic mass is 10.0. The van der Waals surface area contributed by atoms with Crippen LogP contribution in [0.2, 0.25) is 0 Å². The molecule has 2 saturated heterocycles. The second-order valence-electron chi connectivity index (χ2n) is 8.41. The minimum Gasteiger partial charge on any atom is -0.342 e. The first kappa shape index (κ1) is 17.1. The first-order valence-corrected chi connectivity index (χ1v) is 10.3.